The van der Waals surface area contributed by atoms with Crippen molar-refractivity contribution in [1.82, 2.24) is 0 Å². The fraction of sp³-hybridized carbons (Fsp3) is 0.167. The van der Waals surface area contributed by atoms with Crippen molar-refractivity contribution in [1.29, 1.82) is 0 Å². The van der Waals surface area contributed by atoms with E-state index in [2.05, 4.69) is 22.0 Å². The third-order valence-electron chi connectivity index (χ3n) is 2.48. The Bertz CT molecular complexity index is 464. The third kappa shape index (κ3) is 2.52. The first-order valence-corrected chi connectivity index (χ1v) is 6.61. The van der Waals surface area contributed by atoms with Gasteiger partial charge in [0.15, 0.2) is 0 Å². The van der Waals surface area contributed by atoms with Gasteiger partial charge in [-0.2, -0.15) is 0 Å². The Balaban J connectivity index is 2.23. The van der Waals surface area contributed by atoms with Gasteiger partial charge in [-0.05, 0) is 39.2 Å². The number of hydrogen-bond acceptors (Lipinski definition) is 3. The molecular formula is C12H13BrN2S. The lowest BCUT2D eigenvalue weighted by Gasteiger charge is -2.10. The van der Waals surface area contributed by atoms with Crippen molar-refractivity contribution in [2.75, 3.05) is 0 Å². The van der Waals surface area contributed by atoms with Crippen molar-refractivity contribution in [2.24, 2.45) is 11.5 Å². The molecule has 0 aliphatic heterocycles. The van der Waals surface area contributed by atoms with E-state index in [4.69, 9.17) is 11.5 Å². The van der Waals surface area contributed by atoms with Crippen LogP contribution in [0.1, 0.15) is 22.0 Å². The number of rotatable bonds is 3. The summed E-state index contributed by atoms with van der Waals surface area (Å²) in [5.41, 5.74) is 14.0. The first kappa shape index (κ1) is 11.8. The molecule has 0 aliphatic carbocycles. The number of thiophene rings is 1. The fourth-order valence-corrected chi connectivity index (χ4v) is 2.97. The molecule has 1 aromatic heterocycles. The van der Waals surface area contributed by atoms with Crippen LogP contribution in [0.15, 0.2) is 40.2 Å². The molecule has 16 heavy (non-hydrogen) atoms. The molecule has 4 N–H and O–H groups in total. The molecule has 0 radical (unpaired) electrons. The molecule has 1 unspecified atom stereocenters. The second-order valence-corrected chi connectivity index (χ2v) is 6.06. The van der Waals surface area contributed by atoms with Gasteiger partial charge in [-0.15, -0.1) is 11.3 Å². The highest BCUT2D eigenvalue weighted by Gasteiger charge is 2.10. The van der Waals surface area contributed by atoms with Gasteiger partial charge in [-0.1, -0.05) is 24.3 Å². The molecule has 1 heterocycles. The maximum atomic E-state index is 6.18. The van der Waals surface area contributed by atoms with Gasteiger partial charge in [-0.25, -0.2) is 0 Å². The SMILES string of the molecule is NCc1ccc(C(N)c2ccc(Br)s2)cc1. The number of halogens is 1. The van der Waals surface area contributed by atoms with Gasteiger partial charge < -0.3 is 11.5 Å². The molecule has 0 bridgehead atoms. The Morgan fingerprint density at radius 2 is 1.81 bits per heavy atom. The molecule has 84 valence electrons. The Hall–Kier alpha value is -0.680. The Kier molecular flexibility index (Phi) is 3.76. The zero-order valence-electron chi connectivity index (χ0n) is 8.69. The van der Waals surface area contributed by atoms with Gasteiger partial charge in [0.1, 0.15) is 0 Å². The minimum absolute atomic E-state index is 0.0527. The van der Waals surface area contributed by atoms with E-state index < -0.39 is 0 Å². The highest BCUT2D eigenvalue weighted by molar-refractivity contribution is 9.11. The largest absolute Gasteiger partial charge is 0.326 e. The summed E-state index contributed by atoms with van der Waals surface area (Å²) >= 11 is 5.11. The lowest BCUT2D eigenvalue weighted by Crippen LogP contribution is -2.10. The van der Waals surface area contributed by atoms with Gasteiger partial charge in [0.2, 0.25) is 0 Å². The lowest BCUT2D eigenvalue weighted by atomic mass is 10.0. The number of hydrogen-bond donors (Lipinski definition) is 2. The first-order chi connectivity index (χ1) is 7.70. The minimum atomic E-state index is -0.0527. The van der Waals surface area contributed by atoms with Crippen LogP contribution in [0.2, 0.25) is 0 Å². The van der Waals surface area contributed by atoms with Crippen LogP contribution < -0.4 is 11.5 Å². The summed E-state index contributed by atoms with van der Waals surface area (Å²) in [6.07, 6.45) is 0. The van der Waals surface area contributed by atoms with E-state index in [1.54, 1.807) is 11.3 Å². The summed E-state index contributed by atoms with van der Waals surface area (Å²) in [5.74, 6) is 0. The smallest absolute Gasteiger partial charge is 0.0702 e. The van der Waals surface area contributed by atoms with Gasteiger partial charge in [0, 0.05) is 11.4 Å². The van der Waals surface area contributed by atoms with Crippen LogP contribution in [0.4, 0.5) is 0 Å². The molecule has 2 rings (SSSR count). The molecule has 2 aromatic rings. The minimum Gasteiger partial charge on any atom is -0.326 e. The molecule has 4 heteroatoms. The summed E-state index contributed by atoms with van der Waals surface area (Å²) in [6.45, 7) is 0.570. The standard InChI is InChI=1S/C12H13BrN2S/c13-11-6-5-10(16-11)12(15)9-3-1-8(7-14)2-4-9/h1-6,12H,7,14-15H2. The highest BCUT2D eigenvalue weighted by atomic mass is 79.9. The predicted molar refractivity (Wildman–Crippen MR) is 72.4 cm³/mol. The molecular weight excluding hydrogens is 284 g/mol. The predicted octanol–water partition coefficient (Wildman–Crippen LogP) is 3.02. The third-order valence-corrected chi connectivity index (χ3v) is 4.18. The molecule has 1 atom stereocenters. The summed E-state index contributed by atoms with van der Waals surface area (Å²) < 4.78 is 1.11. The fourth-order valence-electron chi connectivity index (χ4n) is 1.52. The maximum absolute atomic E-state index is 6.18. The van der Waals surface area contributed by atoms with E-state index in [0.717, 1.165) is 19.8 Å². The average molecular weight is 297 g/mol. The lowest BCUT2D eigenvalue weighted by molar-refractivity contribution is 0.890. The van der Waals surface area contributed by atoms with Gasteiger partial charge in [-0.3, -0.25) is 0 Å². The monoisotopic (exact) mass is 296 g/mol. The quantitative estimate of drug-likeness (QED) is 0.915. The molecule has 0 aliphatic rings. The van der Waals surface area contributed by atoms with Crippen LogP contribution in [0.3, 0.4) is 0 Å². The zero-order valence-corrected chi connectivity index (χ0v) is 11.1. The van der Waals surface area contributed by atoms with E-state index in [9.17, 15) is 0 Å². The molecule has 2 nitrogen and oxygen atoms in total. The average Bonchev–Trinajstić information content (AvgIpc) is 2.75. The van der Waals surface area contributed by atoms with E-state index in [1.807, 2.05) is 30.3 Å². The second kappa shape index (κ2) is 5.10. The van der Waals surface area contributed by atoms with Gasteiger partial charge in [0.25, 0.3) is 0 Å². The van der Waals surface area contributed by atoms with Crippen molar-refractivity contribution in [2.45, 2.75) is 12.6 Å². The van der Waals surface area contributed by atoms with Crippen molar-refractivity contribution >= 4 is 27.3 Å². The first-order valence-electron chi connectivity index (χ1n) is 5.00. The van der Waals surface area contributed by atoms with Crippen LogP contribution in [-0.4, -0.2) is 0 Å². The van der Waals surface area contributed by atoms with Gasteiger partial charge in [0.05, 0.1) is 9.83 Å². The molecule has 0 fully saturated rings. The molecule has 0 amide bonds. The van der Waals surface area contributed by atoms with Crippen molar-refractivity contribution < 1.29 is 0 Å². The Labute approximate surface area is 107 Å². The molecule has 0 spiro atoms. The topological polar surface area (TPSA) is 52.0 Å². The normalized spacial score (nSPS) is 12.7. The highest BCUT2D eigenvalue weighted by Crippen LogP contribution is 2.29. The summed E-state index contributed by atoms with van der Waals surface area (Å²) in [6, 6.07) is 12.2. The number of benzene rings is 1. The van der Waals surface area contributed by atoms with E-state index >= 15 is 0 Å². The summed E-state index contributed by atoms with van der Waals surface area (Å²) in [7, 11) is 0. The molecule has 0 saturated heterocycles. The molecule has 0 saturated carbocycles. The summed E-state index contributed by atoms with van der Waals surface area (Å²) in [4.78, 5) is 1.16. The maximum Gasteiger partial charge on any atom is 0.0702 e. The van der Waals surface area contributed by atoms with Crippen LogP contribution in [0.5, 0.6) is 0 Å². The van der Waals surface area contributed by atoms with E-state index in [1.165, 1.54) is 0 Å². The van der Waals surface area contributed by atoms with Crippen LogP contribution in [0.25, 0.3) is 0 Å². The van der Waals surface area contributed by atoms with Crippen molar-refractivity contribution in [3.05, 3.63) is 56.2 Å². The number of nitrogens with two attached hydrogens (primary N) is 2. The Morgan fingerprint density at radius 1 is 1.12 bits per heavy atom. The van der Waals surface area contributed by atoms with E-state index in [0.29, 0.717) is 6.54 Å². The Morgan fingerprint density at radius 3 is 2.31 bits per heavy atom. The molecule has 1 aromatic carbocycles. The van der Waals surface area contributed by atoms with Crippen LogP contribution in [0, 0.1) is 0 Å². The zero-order chi connectivity index (χ0) is 11.5. The van der Waals surface area contributed by atoms with Crippen LogP contribution in [-0.2, 0) is 6.54 Å². The summed E-state index contributed by atoms with van der Waals surface area (Å²) in [5, 5.41) is 0. The van der Waals surface area contributed by atoms with Crippen molar-refractivity contribution in [3.8, 4) is 0 Å². The second-order valence-electron chi connectivity index (χ2n) is 3.57. The van der Waals surface area contributed by atoms with Crippen molar-refractivity contribution in [3.63, 3.8) is 0 Å². The van der Waals surface area contributed by atoms with E-state index in [-0.39, 0.29) is 6.04 Å². The van der Waals surface area contributed by atoms with Gasteiger partial charge >= 0.3 is 0 Å². The van der Waals surface area contributed by atoms with Crippen LogP contribution >= 0.6 is 27.3 Å².